The van der Waals surface area contributed by atoms with Gasteiger partial charge < -0.3 is 10.3 Å². The van der Waals surface area contributed by atoms with Gasteiger partial charge in [0.25, 0.3) is 0 Å². The second kappa shape index (κ2) is 6.88. The van der Waals surface area contributed by atoms with Crippen LogP contribution in [0.2, 0.25) is 0 Å². The van der Waals surface area contributed by atoms with Crippen LogP contribution in [0, 0.1) is 0 Å². The molecule has 0 amide bonds. The number of aromatic amines is 1. The highest BCUT2D eigenvalue weighted by Gasteiger charge is 2.30. The van der Waals surface area contributed by atoms with E-state index in [0.717, 1.165) is 39.9 Å². The van der Waals surface area contributed by atoms with Crippen molar-refractivity contribution in [3.05, 3.63) is 84.6 Å². The van der Waals surface area contributed by atoms with Crippen molar-refractivity contribution in [2.24, 2.45) is 0 Å². The maximum absolute atomic E-state index is 13.0. The number of hydrogen-bond donors (Lipinski definition) is 2. The van der Waals surface area contributed by atoms with Crippen LogP contribution in [-0.2, 0) is 6.18 Å². The third-order valence-electron chi connectivity index (χ3n) is 4.87. The second-order valence-corrected chi connectivity index (χ2v) is 6.90. The second-order valence-electron chi connectivity index (χ2n) is 6.90. The van der Waals surface area contributed by atoms with Crippen LogP contribution in [0.1, 0.15) is 5.56 Å². The molecule has 0 spiro atoms. The van der Waals surface area contributed by atoms with Crippen LogP contribution in [0.25, 0.3) is 33.3 Å². The van der Waals surface area contributed by atoms with Gasteiger partial charge in [-0.25, -0.2) is 4.98 Å². The van der Waals surface area contributed by atoms with E-state index in [1.807, 2.05) is 48.5 Å². The number of anilines is 2. The predicted octanol–water partition coefficient (Wildman–Crippen LogP) is 6.54. The first-order valence-corrected chi connectivity index (χ1v) is 9.25. The molecule has 2 heterocycles. The van der Waals surface area contributed by atoms with Gasteiger partial charge in [0.2, 0.25) is 0 Å². The number of nitrogens with zero attached hydrogens (tertiary/aromatic N) is 2. The van der Waals surface area contributed by atoms with E-state index < -0.39 is 11.7 Å². The molecule has 148 valence electrons. The smallest absolute Gasteiger partial charge is 0.355 e. The third kappa shape index (κ3) is 3.34. The summed E-state index contributed by atoms with van der Waals surface area (Å²) in [6, 6.07) is 20.4. The maximum atomic E-state index is 13.0. The van der Waals surface area contributed by atoms with Gasteiger partial charge in [0.1, 0.15) is 5.82 Å². The van der Waals surface area contributed by atoms with Gasteiger partial charge in [0, 0.05) is 28.5 Å². The molecule has 0 fully saturated rings. The van der Waals surface area contributed by atoms with Gasteiger partial charge in [-0.1, -0.05) is 30.3 Å². The first-order valence-electron chi connectivity index (χ1n) is 9.25. The zero-order chi connectivity index (χ0) is 20.7. The van der Waals surface area contributed by atoms with E-state index in [9.17, 15) is 13.2 Å². The molecule has 0 aliphatic carbocycles. The summed E-state index contributed by atoms with van der Waals surface area (Å²) >= 11 is 0. The van der Waals surface area contributed by atoms with Crippen molar-refractivity contribution in [2.75, 3.05) is 5.32 Å². The monoisotopic (exact) mass is 404 g/mol. The Kier molecular flexibility index (Phi) is 4.17. The SMILES string of the molecule is FC(F)(F)c1cccc(-c2nc3ccc(Nc4ccnc5ccccc45)cc3[nH]2)c1. The van der Waals surface area contributed by atoms with Crippen LogP contribution in [-0.4, -0.2) is 15.0 Å². The molecule has 0 atom stereocenters. The number of para-hydroxylation sites is 1. The normalized spacial score (nSPS) is 11.8. The Hall–Kier alpha value is -3.87. The van der Waals surface area contributed by atoms with E-state index in [4.69, 9.17) is 0 Å². The number of aromatic nitrogens is 3. The minimum atomic E-state index is -4.40. The molecule has 0 aliphatic heterocycles. The van der Waals surface area contributed by atoms with Gasteiger partial charge in [0.05, 0.1) is 22.1 Å². The highest BCUT2D eigenvalue weighted by molar-refractivity contribution is 5.93. The largest absolute Gasteiger partial charge is 0.416 e. The molecule has 0 unspecified atom stereocenters. The number of alkyl halides is 3. The standard InChI is InChI=1S/C23H15F3N4/c24-23(25,26)15-5-3-4-14(12-15)22-29-20-9-8-16(13-21(20)30-22)28-19-10-11-27-18-7-2-1-6-17(18)19/h1-13H,(H,27,28)(H,29,30). The van der Waals surface area contributed by atoms with Crippen LogP contribution in [0.5, 0.6) is 0 Å². The number of H-pyrrole nitrogens is 1. The average Bonchev–Trinajstić information content (AvgIpc) is 3.17. The van der Waals surface area contributed by atoms with E-state index in [1.165, 1.54) is 6.07 Å². The molecule has 0 aliphatic rings. The summed E-state index contributed by atoms with van der Waals surface area (Å²) in [5.74, 6) is 0.391. The summed E-state index contributed by atoms with van der Waals surface area (Å²) < 4.78 is 39.0. The Morgan fingerprint density at radius 3 is 2.57 bits per heavy atom. The Balaban J connectivity index is 1.50. The molecule has 0 saturated carbocycles. The molecule has 3 aromatic carbocycles. The van der Waals surface area contributed by atoms with Gasteiger partial charge in [-0.05, 0) is 42.5 Å². The lowest BCUT2D eigenvalue weighted by atomic mass is 10.1. The number of hydrogen-bond acceptors (Lipinski definition) is 3. The Morgan fingerprint density at radius 1 is 0.833 bits per heavy atom. The van der Waals surface area contributed by atoms with E-state index in [2.05, 4.69) is 20.3 Å². The van der Waals surface area contributed by atoms with Crippen molar-refractivity contribution in [1.82, 2.24) is 15.0 Å². The molecule has 30 heavy (non-hydrogen) atoms. The van der Waals surface area contributed by atoms with Gasteiger partial charge in [-0.15, -0.1) is 0 Å². The maximum Gasteiger partial charge on any atom is 0.416 e. The minimum absolute atomic E-state index is 0.385. The molecule has 0 saturated heterocycles. The van der Waals surface area contributed by atoms with Crippen molar-refractivity contribution in [3.63, 3.8) is 0 Å². The lowest BCUT2D eigenvalue weighted by molar-refractivity contribution is -0.137. The van der Waals surface area contributed by atoms with Crippen molar-refractivity contribution in [2.45, 2.75) is 6.18 Å². The number of imidazole rings is 1. The van der Waals surface area contributed by atoms with Crippen LogP contribution in [0.3, 0.4) is 0 Å². The Bertz CT molecular complexity index is 1370. The van der Waals surface area contributed by atoms with Crippen molar-refractivity contribution >= 4 is 33.3 Å². The zero-order valence-corrected chi connectivity index (χ0v) is 15.5. The first kappa shape index (κ1) is 18.2. The summed E-state index contributed by atoms with van der Waals surface area (Å²) in [4.78, 5) is 11.9. The van der Waals surface area contributed by atoms with Crippen LogP contribution < -0.4 is 5.32 Å². The average molecular weight is 404 g/mol. The van der Waals surface area contributed by atoms with Gasteiger partial charge in [-0.3, -0.25) is 4.98 Å². The van der Waals surface area contributed by atoms with E-state index >= 15 is 0 Å². The lowest BCUT2D eigenvalue weighted by Crippen LogP contribution is -2.04. The van der Waals surface area contributed by atoms with Crippen molar-refractivity contribution in [3.8, 4) is 11.4 Å². The fourth-order valence-corrected chi connectivity index (χ4v) is 3.43. The van der Waals surface area contributed by atoms with E-state index in [-0.39, 0.29) is 0 Å². The van der Waals surface area contributed by atoms with Gasteiger partial charge >= 0.3 is 6.18 Å². The molecule has 5 rings (SSSR count). The summed E-state index contributed by atoms with van der Waals surface area (Å²) in [5, 5.41) is 4.38. The number of rotatable bonds is 3. The van der Waals surface area contributed by atoms with Crippen molar-refractivity contribution < 1.29 is 13.2 Å². The van der Waals surface area contributed by atoms with Crippen LogP contribution >= 0.6 is 0 Å². The van der Waals surface area contributed by atoms with E-state index in [1.54, 1.807) is 12.3 Å². The Morgan fingerprint density at radius 2 is 1.70 bits per heavy atom. The summed E-state index contributed by atoms with van der Waals surface area (Å²) in [7, 11) is 0. The predicted molar refractivity (Wildman–Crippen MR) is 112 cm³/mol. The number of halogens is 3. The topological polar surface area (TPSA) is 53.6 Å². The summed E-state index contributed by atoms with van der Waals surface area (Å²) in [6.07, 6.45) is -2.66. The zero-order valence-electron chi connectivity index (χ0n) is 15.5. The molecule has 0 bridgehead atoms. The van der Waals surface area contributed by atoms with Crippen LogP contribution in [0.4, 0.5) is 24.5 Å². The fourth-order valence-electron chi connectivity index (χ4n) is 3.43. The summed E-state index contributed by atoms with van der Waals surface area (Å²) in [5.41, 5.74) is 3.72. The van der Waals surface area contributed by atoms with Gasteiger partial charge in [0.15, 0.2) is 0 Å². The Labute approximate surface area is 169 Å². The number of fused-ring (bicyclic) bond motifs is 2. The third-order valence-corrected chi connectivity index (χ3v) is 4.87. The molecule has 2 N–H and O–H groups in total. The molecule has 4 nitrogen and oxygen atoms in total. The molecule has 2 aromatic heterocycles. The molecular weight excluding hydrogens is 389 g/mol. The van der Waals surface area contributed by atoms with Crippen LogP contribution in [0.15, 0.2) is 79.0 Å². The molecule has 7 heteroatoms. The highest BCUT2D eigenvalue weighted by atomic mass is 19.4. The molecule has 0 radical (unpaired) electrons. The fraction of sp³-hybridized carbons (Fsp3) is 0.0435. The number of nitrogens with one attached hydrogen (secondary N) is 2. The number of benzene rings is 3. The molecule has 5 aromatic rings. The first-order chi connectivity index (χ1) is 14.5. The number of pyridine rings is 1. The highest BCUT2D eigenvalue weighted by Crippen LogP contribution is 2.32. The quantitative estimate of drug-likeness (QED) is 0.359. The van der Waals surface area contributed by atoms with Crippen molar-refractivity contribution in [1.29, 1.82) is 0 Å². The minimum Gasteiger partial charge on any atom is -0.355 e. The lowest BCUT2D eigenvalue weighted by Gasteiger charge is -2.09. The van der Waals surface area contributed by atoms with Gasteiger partial charge in [-0.2, -0.15) is 13.2 Å². The molecular formula is C23H15F3N4. The van der Waals surface area contributed by atoms with E-state index in [0.29, 0.717) is 16.9 Å². The summed E-state index contributed by atoms with van der Waals surface area (Å²) in [6.45, 7) is 0.